The Balaban J connectivity index is 2.20. The number of benzene rings is 2. The third kappa shape index (κ3) is 2.15. The van der Waals surface area contributed by atoms with Crippen LogP contribution in [0.25, 0.3) is 11.1 Å². The number of aliphatic carboxylic acids is 1. The molecule has 3 rings (SSSR count). The minimum absolute atomic E-state index is 0.159. The average molecular weight is 300 g/mol. The van der Waals surface area contributed by atoms with Crippen LogP contribution in [0.4, 0.5) is 4.39 Å². The van der Waals surface area contributed by atoms with Crippen LogP contribution < -0.4 is 0 Å². The molecule has 1 aliphatic carbocycles. The van der Waals surface area contributed by atoms with Gasteiger partial charge in [0.15, 0.2) is 0 Å². The van der Waals surface area contributed by atoms with Gasteiger partial charge in [0, 0.05) is 11.5 Å². The first-order chi connectivity index (χ1) is 10.5. The van der Waals surface area contributed by atoms with Gasteiger partial charge in [0.1, 0.15) is 5.82 Å². The van der Waals surface area contributed by atoms with Gasteiger partial charge in [-0.1, -0.05) is 18.2 Å². The van der Waals surface area contributed by atoms with E-state index >= 15 is 0 Å². The number of rotatable bonds is 3. The summed E-state index contributed by atoms with van der Waals surface area (Å²) in [6.07, 6.45) is -0.159. The van der Waals surface area contributed by atoms with Crippen molar-refractivity contribution in [2.24, 2.45) is 0 Å². The number of esters is 1. The predicted octanol–water partition coefficient (Wildman–Crippen LogP) is 3.20. The number of fused-ring (bicyclic) bond motifs is 3. The van der Waals surface area contributed by atoms with Gasteiger partial charge in [0.05, 0.1) is 19.1 Å². The molecule has 0 radical (unpaired) electrons. The van der Waals surface area contributed by atoms with E-state index in [4.69, 9.17) is 5.11 Å². The van der Waals surface area contributed by atoms with Gasteiger partial charge in [-0.15, -0.1) is 0 Å². The van der Waals surface area contributed by atoms with E-state index in [1.54, 1.807) is 30.3 Å². The molecule has 2 aromatic rings. The number of carboxylic acids is 1. The third-order valence-electron chi connectivity index (χ3n) is 3.92. The predicted molar refractivity (Wildman–Crippen MR) is 77.3 cm³/mol. The Labute approximate surface area is 126 Å². The largest absolute Gasteiger partial charge is 0.481 e. The second kappa shape index (κ2) is 5.26. The fraction of sp³-hybridized carbons (Fsp3) is 0.176. The Kier molecular flexibility index (Phi) is 3.41. The monoisotopic (exact) mass is 300 g/mol. The summed E-state index contributed by atoms with van der Waals surface area (Å²) >= 11 is 0. The van der Waals surface area contributed by atoms with Gasteiger partial charge in [0.25, 0.3) is 0 Å². The summed E-state index contributed by atoms with van der Waals surface area (Å²) in [7, 11) is 1.28. The molecule has 0 aromatic heterocycles. The Morgan fingerprint density at radius 3 is 2.68 bits per heavy atom. The van der Waals surface area contributed by atoms with E-state index in [-0.39, 0.29) is 6.42 Å². The van der Waals surface area contributed by atoms with Crippen LogP contribution in [0.2, 0.25) is 0 Å². The lowest BCUT2D eigenvalue weighted by molar-refractivity contribution is -0.137. The lowest BCUT2D eigenvalue weighted by Gasteiger charge is -2.11. The molecule has 0 saturated carbocycles. The van der Waals surface area contributed by atoms with Crippen molar-refractivity contribution < 1.29 is 23.8 Å². The van der Waals surface area contributed by atoms with Crippen molar-refractivity contribution in [2.45, 2.75) is 12.3 Å². The third-order valence-corrected chi connectivity index (χ3v) is 3.92. The van der Waals surface area contributed by atoms with Crippen molar-refractivity contribution in [3.63, 3.8) is 0 Å². The van der Waals surface area contributed by atoms with Crippen LogP contribution in [0.3, 0.4) is 0 Å². The van der Waals surface area contributed by atoms with Gasteiger partial charge in [-0.2, -0.15) is 0 Å². The molecule has 0 spiro atoms. The standard InChI is InChI=1S/C17H13FO4/c1-22-17(21)9-5-6-11-12(7-9)13(8-15(19)20)10-3-2-4-14(18)16(10)11/h2-7,13H,8H2,1H3,(H,19,20). The van der Waals surface area contributed by atoms with Crippen molar-refractivity contribution >= 4 is 11.9 Å². The highest BCUT2D eigenvalue weighted by molar-refractivity contribution is 5.92. The molecular formula is C17H13FO4. The molecule has 1 N–H and O–H groups in total. The van der Waals surface area contributed by atoms with Gasteiger partial charge in [0.2, 0.25) is 0 Å². The van der Waals surface area contributed by atoms with E-state index in [1.807, 2.05) is 0 Å². The molecule has 5 heteroatoms. The number of hydrogen-bond donors (Lipinski definition) is 1. The molecule has 1 atom stereocenters. The quantitative estimate of drug-likeness (QED) is 0.884. The van der Waals surface area contributed by atoms with E-state index < -0.39 is 23.7 Å². The zero-order chi connectivity index (χ0) is 15.9. The SMILES string of the molecule is COC(=O)c1ccc2c(c1)C(CC(=O)O)c1cccc(F)c1-2. The van der Waals surface area contributed by atoms with Crippen LogP contribution in [0, 0.1) is 5.82 Å². The number of ether oxygens (including phenoxy) is 1. The summed E-state index contributed by atoms with van der Waals surface area (Å²) in [5.74, 6) is -2.34. The lowest BCUT2D eigenvalue weighted by atomic mass is 9.93. The second-order valence-corrected chi connectivity index (χ2v) is 5.15. The van der Waals surface area contributed by atoms with Gasteiger partial charge in [-0.25, -0.2) is 9.18 Å². The van der Waals surface area contributed by atoms with Crippen molar-refractivity contribution in [3.05, 3.63) is 58.9 Å². The second-order valence-electron chi connectivity index (χ2n) is 5.15. The molecule has 0 heterocycles. The maximum atomic E-state index is 14.2. The summed E-state index contributed by atoms with van der Waals surface area (Å²) in [6, 6.07) is 9.43. The molecule has 1 aliphatic rings. The molecule has 0 saturated heterocycles. The molecule has 2 aromatic carbocycles. The highest BCUT2D eigenvalue weighted by atomic mass is 19.1. The first-order valence-electron chi connectivity index (χ1n) is 6.75. The van der Waals surface area contributed by atoms with Crippen LogP contribution in [0.1, 0.15) is 33.8 Å². The van der Waals surface area contributed by atoms with E-state index in [0.29, 0.717) is 27.8 Å². The maximum absolute atomic E-state index is 14.2. The van der Waals surface area contributed by atoms with Crippen molar-refractivity contribution in [2.75, 3.05) is 7.11 Å². The highest BCUT2D eigenvalue weighted by Crippen LogP contribution is 2.47. The topological polar surface area (TPSA) is 63.6 Å². The van der Waals surface area contributed by atoms with Crippen LogP contribution >= 0.6 is 0 Å². The fourth-order valence-electron chi connectivity index (χ4n) is 3.00. The number of methoxy groups -OCH3 is 1. The van der Waals surface area contributed by atoms with Crippen molar-refractivity contribution in [1.29, 1.82) is 0 Å². The Bertz CT molecular complexity index is 782. The molecule has 0 bridgehead atoms. The smallest absolute Gasteiger partial charge is 0.337 e. The van der Waals surface area contributed by atoms with E-state index in [1.165, 1.54) is 13.2 Å². The summed E-state index contributed by atoms with van der Waals surface area (Å²) in [6.45, 7) is 0. The summed E-state index contributed by atoms with van der Waals surface area (Å²) in [5, 5.41) is 9.13. The summed E-state index contributed by atoms with van der Waals surface area (Å²) in [5.41, 5.74) is 2.65. The maximum Gasteiger partial charge on any atom is 0.337 e. The number of hydrogen-bond acceptors (Lipinski definition) is 3. The zero-order valence-electron chi connectivity index (χ0n) is 11.8. The molecule has 1 unspecified atom stereocenters. The van der Waals surface area contributed by atoms with Crippen LogP contribution in [0.15, 0.2) is 36.4 Å². The molecule has 0 fully saturated rings. The lowest BCUT2D eigenvalue weighted by Crippen LogP contribution is -2.07. The molecular weight excluding hydrogens is 287 g/mol. The fourth-order valence-corrected chi connectivity index (χ4v) is 3.00. The number of carbonyl (C=O) groups excluding carboxylic acids is 1. The van der Waals surface area contributed by atoms with Gasteiger partial charge in [-0.05, 0) is 34.9 Å². The summed E-state index contributed by atoms with van der Waals surface area (Å²) < 4.78 is 18.9. The van der Waals surface area contributed by atoms with Crippen LogP contribution in [-0.2, 0) is 9.53 Å². The van der Waals surface area contributed by atoms with E-state index in [0.717, 1.165) is 0 Å². The summed E-state index contributed by atoms with van der Waals surface area (Å²) in [4.78, 5) is 22.8. The van der Waals surface area contributed by atoms with Gasteiger partial charge >= 0.3 is 11.9 Å². The first kappa shape index (κ1) is 14.3. The van der Waals surface area contributed by atoms with Crippen LogP contribution in [0.5, 0.6) is 0 Å². The van der Waals surface area contributed by atoms with Crippen molar-refractivity contribution in [1.82, 2.24) is 0 Å². The number of halogens is 1. The number of carboxylic acid groups (broad SMARTS) is 1. The minimum Gasteiger partial charge on any atom is -0.481 e. The molecule has 112 valence electrons. The Morgan fingerprint density at radius 1 is 1.23 bits per heavy atom. The number of carbonyl (C=O) groups is 2. The first-order valence-corrected chi connectivity index (χ1v) is 6.75. The Hall–Kier alpha value is -2.69. The Morgan fingerprint density at radius 2 is 2.00 bits per heavy atom. The van der Waals surface area contributed by atoms with Gasteiger partial charge in [-0.3, -0.25) is 4.79 Å². The zero-order valence-corrected chi connectivity index (χ0v) is 11.8. The van der Waals surface area contributed by atoms with E-state index in [2.05, 4.69) is 4.74 Å². The average Bonchev–Trinajstić information content (AvgIpc) is 2.81. The van der Waals surface area contributed by atoms with Crippen LogP contribution in [-0.4, -0.2) is 24.2 Å². The normalized spacial score (nSPS) is 15.1. The van der Waals surface area contributed by atoms with Crippen molar-refractivity contribution in [3.8, 4) is 11.1 Å². The molecule has 0 aliphatic heterocycles. The molecule has 0 amide bonds. The van der Waals surface area contributed by atoms with Gasteiger partial charge < -0.3 is 9.84 Å². The van der Waals surface area contributed by atoms with E-state index in [9.17, 15) is 14.0 Å². The minimum atomic E-state index is -0.975. The molecule has 4 nitrogen and oxygen atoms in total. The highest BCUT2D eigenvalue weighted by Gasteiger charge is 2.32. The molecule has 22 heavy (non-hydrogen) atoms.